The highest BCUT2D eigenvalue weighted by Gasteiger charge is 2.05. The van der Waals surface area contributed by atoms with E-state index in [1.54, 1.807) is 19.4 Å². The van der Waals surface area contributed by atoms with Gasteiger partial charge in [-0.15, -0.1) is 6.58 Å². The van der Waals surface area contributed by atoms with Crippen molar-refractivity contribution in [3.8, 4) is 5.75 Å². The molecule has 0 bridgehead atoms. The number of nitrogens with one attached hydrogen (secondary N) is 2. The molecule has 0 unspecified atom stereocenters. The van der Waals surface area contributed by atoms with Gasteiger partial charge in [-0.2, -0.15) is 5.10 Å². The van der Waals surface area contributed by atoms with Gasteiger partial charge in [-0.1, -0.05) is 36.4 Å². The summed E-state index contributed by atoms with van der Waals surface area (Å²) in [4.78, 5) is 0. The van der Waals surface area contributed by atoms with Crippen molar-refractivity contribution < 1.29 is 4.74 Å². The lowest BCUT2D eigenvalue weighted by Crippen LogP contribution is -2.31. The van der Waals surface area contributed by atoms with Crippen molar-refractivity contribution in [3.63, 3.8) is 0 Å². The van der Waals surface area contributed by atoms with E-state index in [0.717, 1.165) is 22.1 Å². The van der Waals surface area contributed by atoms with Crippen LogP contribution >= 0.6 is 12.2 Å². The molecule has 0 aliphatic heterocycles. The molecule has 4 nitrogen and oxygen atoms in total. The highest BCUT2D eigenvalue weighted by atomic mass is 32.1. The van der Waals surface area contributed by atoms with E-state index in [1.807, 2.05) is 30.3 Å². The molecule has 0 aliphatic carbocycles. The van der Waals surface area contributed by atoms with Gasteiger partial charge in [0.25, 0.3) is 0 Å². The Hall–Kier alpha value is -2.40. The minimum atomic E-state index is 0.449. The molecule has 0 saturated carbocycles. The van der Waals surface area contributed by atoms with E-state index < -0.39 is 0 Å². The molecule has 0 heterocycles. The van der Waals surface area contributed by atoms with Gasteiger partial charge < -0.3 is 10.1 Å². The van der Waals surface area contributed by atoms with Crippen LogP contribution in [0, 0.1) is 0 Å². The maximum Gasteiger partial charge on any atom is 0.187 e. The average molecular weight is 299 g/mol. The summed E-state index contributed by atoms with van der Waals surface area (Å²) in [5.41, 5.74) is 3.68. The second-order valence-corrected chi connectivity index (χ2v) is 4.68. The quantitative estimate of drug-likeness (QED) is 0.386. The number of hydrogen-bond donors (Lipinski definition) is 2. The molecule has 108 valence electrons. The first-order valence-corrected chi connectivity index (χ1v) is 6.90. The normalized spacial score (nSPS) is 10.5. The summed E-state index contributed by atoms with van der Waals surface area (Å²) < 4.78 is 5.40. The number of fused-ring (bicyclic) bond motifs is 1. The summed E-state index contributed by atoms with van der Waals surface area (Å²) in [5, 5.41) is 9.76. The lowest BCUT2D eigenvalue weighted by atomic mass is 10.0. The van der Waals surface area contributed by atoms with Crippen LogP contribution in [0.15, 0.2) is 54.2 Å². The number of ether oxygens (including phenoxy) is 1. The highest BCUT2D eigenvalue weighted by molar-refractivity contribution is 7.80. The first-order valence-electron chi connectivity index (χ1n) is 6.50. The molecule has 2 rings (SSSR count). The van der Waals surface area contributed by atoms with Crippen LogP contribution in [0.1, 0.15) is 5.56 Å². The van der Waals surface area contributed by atoms with Gasteiger partial charge in [0.1, 0.15) is 5.75 Å². The van der Waals surface area contributed by atoms with Crippen molar-refractivity contribution in [3.05, 3.63) is 54.6 Å². The van der Waals surface area contributed by atoms with Gasteiger partial charge >= 0.3 is 0 Å². The van der Waals surface area contributed by atoms with Crippen LogP contribution in [0.5, 0.6) is 5.75 Å². The first-order chi connectivity index (χ1) is 10.3. The Bertz CT molecular complexity index is 682. The van der Waals surface area contributed by atoms with E-state index in [9.17, 15) is 0 Å². The van der Waals surface area contributed by atoms with E-state index in [-0.39, 0.29) is 0 Å². The van der Waals surface area contributed by atoms with Crippen LogP contribution in [0.3, 0.4) is 0 Å². The van der Waals surface area contributed by atoms with Gasteiger partial charge in [-0.3, -0.25) is 5.43 Å². The van der Waals surface area contributed by atoms with E-state index in [0.29, 0.717) is 11.7 Å². The number of methoxy groups -OCH3 is 1. The molecule has 5 heteroatoms. The predicted octanol–water partition coefficient (Wildman–Crippen LogP) is 2.83. The zero-order chi connectivity index (χ0) is 15.1. The topological polar surface area (TPSA) is 45.7 Å². The molecule has 0 aliphatic rings. The maximum absolute atomic E-state index is 5.40. The fourth-order valence-corrected chi connectivity index (χ4v) is 2.08. The van der Waals surface area contributed by atoms with E-state index in [1.165, 1.54) is 0 Å². The number of hydrazone groups is 1. The van der Waals surface area contributed by atoms with E-state index in [2.05, 4.69) is 28.5 Å². The standard InChI is InChI=1S/C16H17N3OS/c1-3-10-17-16(21)19-18-11-14-13-7-5-4-6-12(13)8-9-15(14)20-2/h3-9,11H,1,10H2,2H3,(H2,17,19,21)/b18-11+. The van der Waals surface area contributed by atoms with Gasteiger partial charge in [0.15, 0.2) is 5.11 Å². The van der Waals surface area contributed by atoms with Crippen LogP contribution in [0.4, 0.5) is 0 Å². The largest absolute Gasteiger partial charge is 0.496 e. The molecule has 2 aromatic carbocycles. The van der Waals surface area contributed by atoms with E-state index >= 15 is 0 Å². The Morgan fingerprint density at radius 2 is 2.14 bits per heavy atom. The Morgan fingerprint density at radius 3 is 2.90 bits per heavy atom. The van der Waals surface area contributed by atoms with Crippen LogP contribution in [-0.4, -0.2) is 25.0 Å². The maximum atomic E-state index is 5.40. The highest BCUT2D eigenvalue weighted by Crippen LogP contribution is 2.26. The Morgan fingerprint density at radius 1 is 1.33 bits per heavy atom. The van der Waals surface area contributed by atoms with Crippen LogP contribution in [0.25, 0.3) is 10.8 Å². The SMILES string of the molecule is C=CCNC(=S)N/N=C/c1c(OC)ccc2ccccc12. The first kappa shape index (κ1) is 15.0. The smallest absolute Gasteiger partial charge is 0.187 e. The number of hydrogen-bond acceptors (Lipinski definition) is 3. The fourth-order valence-electron chi connectivity index (χ4n) is 1.95. The lowest BCUT2D eigenvalue weighted by Gasteiger charge is -2.09. The second kappa shape index (κ2) is 7.40. The number of benzene rings is 2. The molecule has 0 radical (unpaired) electrons. The fraction of sp³-hybridized carbons (Fsp3) is 0.125. The van der Waals surface area contributed by atoms with Crippen molar-refractivity contribution in [2.24, 2.45) is 5.10 Å². The zero-order valence-electron chi connectivity index (χ0n) is 11.8. The number of thiocarbonyl (C=S) groups is 1. The van der Waals surface area contributed by atoms with Gasteiger partial charge in [-0.25, -0.2) is 0 Å². The molecule has 0 saturated heterocycles. The molecular formula is C16H17N3OS. The molecule has 0 atom stereocenters. The summed E-state index contributed by atoms with van der Waals surface area (Å²) in [5.74, 6) is 0.768. The van der Waals surface area contributed by atoms with Crippen molar-refractivity contribution in [1.82, 2.24) is 10.7 Å². The molecule has 0 fully saturated rings. The third-order valence-electron chi connectivity index (χ3n) is 2.92. The van der Waals surface area contributed by atoms with Crippen LogP contribution < -0.4 is 15.5 Å². The summed E-state index contributed by atoms with van der Waals surface area (Å²) in [6.45, 7) is 4.21. The average Bonchev–Trinajstić information content (AvgIpc) is 2.53. The molecule has 0 aromatic heterocycles. The third kappa shape index (κ3) is 3.79. The Balaban J connectivity index is 2.24. The van der Waals surface area contributed by atoms with Crippen molar-refractivity contribution in [2.45, 2.75) is 0 Å². The molecule has 2 aromatic rings. The number of nitrogens with zero attached hydrogens (tertiary/aromatic N) is 1. The molecule has 21 heavy (non-hydrogen) atoms. The minimum absolute atomic E-state index is 0.449. The molecular weight excluding hydrogens is 282 g/mol. The predicted molar refractivity (Wildman–Crippen MR) is 92.0 cm³/mol. The van der Waals surface area contributed by atoms with Gasteiger partial charge in [0, 0.05) is 12.1 Å². The monoisotopic (exact) mass is 299 g/mol. The Labute approximate surface area is 129 Å². The van der Waals surface area contributed by atoms with Crippen LogP contribution in [0.2, 0.25) is 0 Å². The third-order valence-corrected chi connectivity index (χ3v) is 3.15. The van der Waals surface area contributed by atoms with E-state index in [4.69, 9.17) is 17.0 Å². The summed E-state index contributed by atoms with van der Waals surface area (Å²) in [6, 6.07) is 12.0. The second-order valence-electron chi connectivity index (χ2n) is 4.27. The minimum Gasteiger partial charge on any atom is -0.496 e. The van der Waals surface area contributed by atoms with Crippen molar-refractivity contribution >= 4 is 34.3 Å². The van der Waals surface area contributed by atoms with Gasteiger partial charge in [0.2, 0.25) is 0 Å². The molecule has 2 N–H and O–H groups in total. The van der Waals surface area contributed by atoms with Gasteiger partial charge in [-0.05, 0) is 29.1 Å². The molecule has 0 spiro atoms. The summed E-state index contributed by atoms with van der Waals surface area (Å²) in [6.07, 6.45) is 3.44. The van der Waals surface area contributed by atoms with Crippen molar-refractivity contribution in [1.29, 1.82) is 0 Å². The number of rotatable bonds is 5. The zero-order valence-corrected chi connectivity index (χ0v) is 12.6. The Kier molecular flexibility index (Phi) is 5.29. The van der Waals surface area contributed by atoms with Crippen molar-refractivity contribution in [2.75, 3.05) is 13.7 Å². The van der Waals surface area contributed by atoms with Gasteiger partial charge in [0.05, 0.1) is 13.3 Å². The molecule has 0 amide bonds. The summed E-state index contributed by atoms with van der Waals surface area (Å²) >= 11 is 5.08. The summed E-state index contributed by atoms with van der Waals surface area (Å²) in [7, 11) is 1.64. The van der Waals surface area contributed by atoms with Crippen LogP contribution in [-0.2, 0) is 0 Å². The lowest BCUT2D eigenvalue weighted by molar-refractivity contribution is 0.415.